The van der Waals surface area contributed by atoms with E-state index in [4.69, 9.17) is 11.6 Å². The number of sulfonamides is 1. The Balaban J connectivity index is 2.55. The van der Waals surface area contributed by atoms with Gasteiger partial charge in [0.15, 0.2) is 0 Å². The summed E-state index contributed by atoms with van der Waals surface area (Å²) in [4.78, 5) is 14.0. The van der Waals surface area contributed by atoms with Gasteiger partial charge in [-0.15, -0.1) is 0 Å². The van der Waals surface area contributed by atoms with Crippen molar-refractivity contribution in [1.82, 2.24) is 14.5 Å². The molecule has 1 rings (SSSR count). The van der Waals surface area contributed by atoms with E-state index in [-0.39, 0.29) is 19.0 Å². The minimum Gasteiger partial charge on any atom is -0.351 e. The number of hydrogen-bond donors (Lipinski definition) is 1. The second-order valence-corrected chi connectivity index (χ2v) is 8.01. The smallest absolute Gasteiger partial charge is 0.235 e. The van der Waals surface area contributed by atoms with Gasteiger partial charge in [0.1, 0.15) is 0 Å². The van der Waals surface area contributed by atoms with Gasteiger partial charge in [-0.3, -0.25) is 4.79 Å². The van der Waals surface area contributed by atoms with Gasteiger partial charge in [-0.1, -0.05) is 29.8 Å². The second-order valence-electron chi connectivity index (χ2n) is 5.62. The Kier molecular flexibility index (Phi) is 7.98. The van der Waals surface area contributed by atoms with Gasteiger partial charge in [0, 0.05) is 18.1 Å². The standard InChI is InChI=1S/C15H24ClN3O3S/c1-18(2)9-6-10-19(23(3,21)22)12-15(20)17-11-13-7-4-5-8-14(13)16/h4-5,7-8H,6,9-12H2,1-3H3,(H,17,20). The minimum absolute atomic E-state index is 0.184. The lowest BCUT2D eigenvalue weighted by Gasteiger charge is -2.20. The number of nitrogens with zero attached hydrogens (tertiary/aromatic N) is 2. The fourth-order valence-electron chi connectivity index (χ4n) is 1.98. The van der Waals surface area contributed by atoms with E-state index in [2.05, 4.69) is 5.32 Å². The van der Waals surface area contributed by atoms with E-state index in [0.717, 1.165) is 18.4 Å². The fraction of sp³-hybridized carbons (Fsp3) is 0.533. The molecule has 0 aromatic heterocycles. The van der Waals surface area contributed by atoms with Gasteiger partial charge >= 0.3 is 0 Å². The van der Waals surface area contributed by atoms with E-state index < -0.39 is 10.0 Å². The molecular formula is C15H24ClN3O3S. The third-order valence-corrected chi connectivity index (χ3v) is 4.85. The molecule has 0 bridgehead atoms. The number of carbonyl (C=O) groups excluding carboxylic acids is 1. The van der Waals surface area contributed by atoms with Crippen LogP contribution >= 0.6 is 11.6 Å². The molecule has 0 aliphatic carbocycles. The van der Waals surface area contributed by atoms with Crippen LogP contribution < -0.4 is 5.32 Å². The average molecular weight is 362 g/mol. The molecule has 0 heterocycles. The first-order valence-corrected chi connectivity index (χ1v) is 9.52. The number of benzene rings is 1. The molecule has 1 N–H and O–H groups in total. The van der Waals surface area contributed by atoms with Gasteiger partial charge < -0.3 is 10.2 Å². The summed E-state index contributed by atoms with van der Waals surface area (Å²) < 4.78 is 24.8. The van der Waals surface area contributed by atoms with Crippen molar-refractivity contribution in [2.45, 2.75) is 13.0 Å². The third kappa shape index (κ3) is 7.78. The lowest BCUT2D eigenvalue weighted by Crippen LogP contribution is -2.41. The first-order chi connectivity index (χ1) is 10.7. The first-order valence-electron chi connectivity index (χ1n) is 7.30. The van der Waals surface area contributed by atoms with Gasteiger partial charge in [0.2, 0.25) is 15.9 Å². The lowest BCUT2D eigenvalue weighted by molar-refractivity contribution is -0.121. The van der Waals surface area contributed by atoms with Crippen LogP contribution in [0.1, 0.15) is 12.0 Å². The van der Waals surface area contributed by atoms with E-state index in [0.29, 0.717) is 18.0 Å². The molecule has 23 heavy (non-hydrogen) atoms. The Labute approximate surface area is 143 Å². The van der Waals surface area contributed by atoms with Crippen LogP contribution in [0.2, 0.25) is 5.02 Å². The van der Waals surface area contributed by atoms with Crippen LogP contribution in [0.3, 0.4) is 0 Å². The summed E-state index contributed by atoms with van der Waals surface area (Å²) in [6.45, 7) is 1.16. The molecule has 130 valence electrons. The molecule has 1 aromatic carbocycles. The molecule has 0 fully saturated rings. The molecule has 0 atom stereocenters. The van der Waals surface area contributed by atoms with Crippen LogP contribution in [-0.2, 0) is 21.4 Å². The first kappa shape index (κ1) is 19.9. The van der Waals surface area contributed by atoms with Crippen molar-refractivity contribution in [3.8, 4) is 0 Å². The van der Waals surface area contributed by atoms with E-state index in [1.165, 1.54) is 4.31 Å². The molecule has 0 saturated carbocycles. The molecule has 1 aromatic rings. The predicted molar refractivity (Wildman–Crippen MR) is 92.9 cm³/mol. The molecule has 0 aliphatic heterocycles. The van der Waals surface area contributed by atoms with Gasteiger partial charge in [0.05, 0.1) is 12.8 Å². The van der Waals surface area contributed by atoms with Crippen molar-refractivity contribution in [2.24, 2.45) is 0 Å². The molecule has 0 radical (unpaired) electrons. The molecule has 0 aliphatic rings. The largest absolute Gasteiger partial charge is 0.351 e. The highest BCUT2D eigenvalue weighted by molar-refractivity contribution is 7.88. The second kappa shape index (κ2) is 9.22. The zero-order valence-corrected chi connectivity index (χ0v) is 15.3. The van der Waals surface area contributed by atoms with Gasteiger partial charge in [-0.25, -0.2) is 8.42 Å². The maximum Gasteiger partial charge on any atom is 0.235 e. The number of carbonyl (C=O) groups is 1. The number of hydrogen-bond acceptors (Lipinski definition) is 4. The Hall–Kier alpha value is -1.15. The Bertz CT molecular complexity index is 620. The summed E-state index contributed by atoms with van der Waals surface area (Å²) in [7, 11) is 0.414. The van der Waals surface area contributed by atoms with E-state index in [1.54, 1.807) is 6.07 Å². The van der Waals surface area contributed by atoms with Crippen LogP contribution in [0.5, 0.6) is 0 Å². The van der Waals surface area contributed by atoms with Gasteiger partial charge in [-0.05, 0) is 38.7 Å². The summed E-state index contributed by atoms with van der Waals surface area (Å²) >= 11 is 6.02. The number of halogens is 1. The Morgan fingerprint density at radius 3 is 2.43 bits per heavy atom. The number of nitrogens with one attached hydrogen (secondary N) is 1. The molecule has 6 nitrogen and oxygen atoms in total. The molecule has 0 saturated heterocycles. The fourth-order valence-corrected chi connectivity index (χ4v) is 2.99. The minimum atomic E-state index is -3.42. The number of amides is 1. The highest BCUT2D eigenvalue weighted by Gasteiger charge is 2.19. The average Bonchev–Trinajstić information content (AvgIpc) is 2.44. The summed E-state index contributed by atoms with van der Waals surface area (Å²) in [5.41, 5.74) is 0.793. The van der Waals surface area contributed by atoms with Gasteiger partial charge in [-0.2, -0.15) is 4.31 Å². The van der Waals surface area contributed by atoms with E-state index in [1.807, 2.05) is 37.2 Å². The van der Waals surface area contributed by atoms with Crippen molar-refractivity contribution < 1.29 is 13.2 Å². The Morgan fingerprint density at radius 2 is 1.87 bits per heavy atom. The zero-order chi connectivity index (χ0) is 17.5. The summed E-state index contributed by atoms with van der Waals surface area (Å²) in [5.74, 6) is -0.347. The SMILES string of the molecule is CN(C)CCCN(CC(=O)NCc1ccccc1Cl)S(C)(=O)=O. The van der Waals surface area contributed by atoms with Crippen molar-refractivity contribution >= 4 is 27.5 Å². The molecule has 1 amide bonds. The monoisotopic (exact) mass is 361 g/mol. The normalized spacial score (nSPS) is 11.9. The predicted octanol–water partition coefficient (Wildman–Crippen LogP) is 1.17. The maximum atomic E-state index is 12.0. The topological polar surface area (TPSA) is 69.7 Å². The summed E-state index contributed by atoms with van der Waals surface area (Å²) in [6.07, 6.45) is 1.78. The summed E-state index contributed by atoms with van der Waals surface area (Å²) in [6, 6.07) is 7.20. The number of rotatable bonds is 9. The van der Waals surface area contributed by atoms with Crippen molar-refractivity contribution in [3.63, 3.8) is 0 Å². The van der Waals surface area contributed by atoms with Crippen LogP contribution in [0, 0.1) is 0 Å². The van der Waals surface area contributed by atoms with Crippen LogP contribution in [0.4, 0.5) is 0 Å². The quantitative estimate of drug-likeness (QED) is 0.716. The highest BCUT2D eigenvalue weighted by Crippen LogP contribution is 2.14. The third-order valence-electron chi connectivity index (χ3n) is 3.24. The zero-order valence-electron chi connectivity index (χ0n) is 13.8. The molecule has 8 heteroatoms. The van der Waals surface area contributed by atoms with E-state index in [9.17, 15) is 13.2 Å². The van der Waals surface area contributed by atoms with Crippen LogP contribution in [0.15, 0.2) is 24.3 Å². The van der Waals surface area contributed by atoms with Gasteiger partial charge in [0.25, 0.3) is 0 Å². The van der Waals surface area contributed by atoms with Crippen LogP contribution in [0.25, 0.3) is 0 Å². The van der Waals surface area contributed by atoms with Crippen LogP contribution in [-0.4, -0.2) is 63.5 Å². The molecule has 0 spiro atoms. The lowest BCUT2D eigenvalue weighted by atomic mass is 10.2. The van der Waals surface area contributed by atoms with Crippen molar-refractivity contribution in [1.29, 1.82) is 0 Å². The van der Waals surface area contributed by atoms with Crippen molar-refractivity contribution in [2.75, 3.05) is 40.0 Å². The molecular weight excluding hydrogens is 338 g/mol. The molecule has 0 unspecified atom stereocenters. The maximum absolute atomic E-state index is 12.0. The Morgan fingerprint density at radius 1 is 1.22 bits per heavy atom. The highest BCUT2D eigenvalue weighted by atomic mass is 35.5. The van der Waals surface area contributed by atoms with E-state index >= 15 is 0 Å². The van der Waals surface area contributed by atoms with Crippen molar-refractivity contribution in [3.05, 3.63) is 34.9 Å². The summed E-state index contributed by atoms with van der Waals surface area (Å²) in [5, 5.41) is 3.27.